The van der Waals surface area contributed by atoms with E-state index in [1.165, 1.54) is 19.3 Å². The van der Waals surface area contributed by atoms with Crippen LogP contribution in [0.15, 0.2) is 4.52 Å². The normalized spacial score (nSPS) is 17.4. The predicted octanol–water partition coefficient (Wildman–Crippen LogP) is 1.95. The van der Waals surface area contributed by atoms with Crippen LogP contribution < -0.4 is 10.6 Å². The van der Waals surface area contributed by atoms with Gasteiger partial charge in [-0.05, 0) is 19.8 Å². The fraction of sp³-hybridized carbons (Fsp3) is 0.786. The highest BCUT2D eigenvalue weighted by Crippen LogP contribution is 2.17. The summed E-state index contributed by atoms with van der Waals surface area (Å²) in [6.45, 7) is 2.33. The fourth-order valence-corrected chi connectivity index (χ4v) is 2.41. The summed E-state index contributed by atoms with van der Waals surface area (Å²) in [5, 5.41) is 9.66. The third-order valence-electron chi connectivity index (χ3n) is 3.77. The van der Waals surface area contributed by atoms with Crippen LogP contribution in [0, 0.1) is 0 Å². The fourth-order valence-electron chi connectivity index (χ4n) is 2.41. The minimum atomic E-state index is -0.190. The zero-order chi connectivity index (χ0) is 15.1. The van der Waals surface area contributed by atoms with Crippen molar-refractivity contribution in [2.45, 2.75) is 57.6 Å². The Balaban J connectivity index is 1.66. The molecule has 0 radical (unpaired) electrons. The third kappa shape index (κ3) is 5.00. The van der Waals surface area contributed by atoms with Gasteiger partial charge in [-0.1, -0.05) is 24.4 Å². The number of nitrogens with one attached hydrogen (secondary N) is 2. The first-order valence-corrected chi connectivity index (χ1v) is 7.58. The highest BCUT2D eigenvalue weighted by atomic mass is 16.5. The van der Waals surface area contributed by atoms with Gasteiger partial charge in [0.05, 0.1) is 0 Å². The van der Waals surface area contributed by atoms with Crippen molar-refractivity contribution in [2.75, 3.05) is 13.7 Å². The highest BCUT2D eigenvalue weighted by Gasteiger charge is 2.16. The van der Waals surface area contributed by atoms with E-state index in [0.29, 0.717) is 30.7 Å². The van der Waals surface area contributed by atoms with Gasteiger partial charge in [0.15, 0.2) is 5.82 Å². The number of urea groups is 1. The van der Waals surface area contributed by atoms with Gasteiger partial charge in [-0.15, -0.1) is 0 Å². The van der Waals surface area contributed by atoms with Crippen molar-refractivity contribution < 1.29 is 14.1 Å². The van der Waals surface area contributed by atoms with Gasteiger partial charge in [0, 0.05) is 26.1 Å². The molecule has 1 heterocycles. The summed E-state index contributed by atoms with van der Waals surface area (Å²) in [5.74, 6) is 1.03. The maximum atomic E-state index is 11.8. The van der Waals surface area contributed by atoms with Gasteiger partial charge in [0.25, 0.3) is 0 Å². The summed E-state index contributed by atoms with van der Waals surface area (Å²) in [5.41, 5.74) is 0. The molecule has 2 rings (SSSR count). The van der Waals surface area contributed by atoms with Crippen LogP contribution >= 0.6 is 0 Å². The Morgan fingerprint density at radius 1 is 1.43 bits per heavy atom. The van der Waals surface area contributed by atoms with Gasteiger partial charge in [0.1, 0.15) is 6.10 Å². The number of carbonyl (C=O) groups is 1. The second-order valence-corrected chi connectivity index (χ2v) is 5.41. The molecule has 1 atom stereocenters. The van der Waals surface area contributed by atoms with E-state index in [0.717, 1.165) is 12.8 Å². The van der Waals surface area contributed by atoms with E-state index in [9.17, 15) is 4.79 Å². The lowest BCUT2D eigenvalue weighted by atomic mass is 9.96. The molecule has 1 aromatic heterocycles. The molecule has 2 N–H and O–H groups in total. The standard InChI is InChI=1S/C14H24N4O3/c1-10(20-2)13-17-12(21-18-13)8-9-15-14(19)16-11-6-4-3-5-7-11/h10-11H,3-9H2,1-2H3,(H2,15,16,19). The third-order valence-corrected chi connectivity index (χ3v) is 3.77. The zero-order valence-electron chi connectivity index (χ0n) is 12.7. The summed E-state index contributed by atoms with van der Waals surface area (Å²) in [6, 6.07) is 0.197. The molecule has 1 aliphatic rings. The molecule has 1 unspecified atom stereocenters. The molecular weight excluding hydrogens is 272 g/mol. The van der Waals surface area contributed by atoms with Crippen molar-refractivity contribution >= 4 is 6.03 Å². The van der Waals surface area contributed by atoms with Crippen molar-refractivity contribution in [3.05, 3.63) is 11.7 Å². The summed E-state index contributed by atoms with van der Waals surface area (Å²) in [7, 11) is 1.60. The first kappa shape index (κ1) is 15.8. The van der Waals surface area contributed by atoms with Crippen LogP contribution in [0.1, 0.15) is 56.8 Å². The molecule has 7 heteroatoms. The monoisotopic (exact) mass is 296 g/mol. The molecule has 1 fully saturated rings. The van der Waals surface area contributed by atoms with E-state index in [1.807, 2.05) is 6.92 Å². The average molecular weight is 296 g/mol. The van der Waals surface area contributed by atoms with Crippen LogP contribution in [0.3, 0.4) is 0 Å². The number of hydrogen-bond acceptors (Lipinski definition) is 5. The van der Waals surface area contributed by atoms with Gasteiger partial charge in [-0.2, -0.15) is 4.98 Å². The molecule has 0 bridgehead atoms. The first-order chi connectivity index (χ1) is 10.2. The lowest BCUT2D eigenvalue weighted by molar-refractivity contribution is 0.109. The lowest BCUT2D eigenvalue weighted by Crippen LogP contribution is -2.43. The predicted molar refractivity (Wildman–Crippen MR) is 76.8 cm³/mol. The van der Waals surface area contributed by atoms with E-state index >= 15 is 0 Å². The van der Waals surface area contributed by atoms with Crippen LogP contribution in [0.5, 0.6) is 0 Å². The molecule has 1 aliphatic carbocycles. The molecule has 0 spiro atoms. The average Bonchev–Trinajstić information content (AvgIpc) is 2.96. The number of nitrogens with zero attached hydrogens (tertiary/aromatic N) is 2. The maximum absolute atomic E-state index is 11.8. The summed E-state index contributed by atoms with van der Waals surface area (Å²) >= 11 is 0. The number of hydrogen-bond donors (Lipinski definition) is 2. The van der Waals surface area contributed by atoms with E-state index in [-0.39, 0.29) is 12.1 Å². The van der Waals surface area contributed by atoms with Crippen LogP contribution in [-0.4, -0.2) is 35.9 Å². The number of rotatable bonds is 6. The van der Waals surface area contributed by atoms with E-state index in [2.05, 4.69) is 20.8 Å². The molecule has 1 aromatic rings. The quantitative estimate of drug-likeness (QED) is 0.837. The van der Waals surface area contributed by atoms with Crippen molar-refractivity contribution in [3.63, 3.8) is 0 Å². The Bertz CT molecular complexity index is 443. The largest absolute Gasteiger partial charge is 0.374 e. The molecule has 0 aromatic carbocycles. The first-order valence-electron chi connectivity index (χ1n) is 7.58. The summed E-state index contributed by atoms with van der Waals surface area (Å²) in [4.78, 5) is 16.0. The van der Waals surface area contributed by atoms with Gasteiger partial charge < -0.3 is 19.9 Å². The lowest BCUT2D eigenvalue weighted by Gasteiger charge is -2.22. The molecule has 7 nitrogen and oxygen atoms in total. The highest BCUT2D eigenvalue weighted by molar-refractivity contribution is 5.74. The molecule has 2 amide bonds. The van der Waals surface area contributed by atoms with Crippen molar-refractivity contribution in [1.82, 2.24) is 20.8 Å². The van der Waals surface area contributed by atoms with Gasteiger partial charge in [-0.3, -0.25) is 0 Å². The molecule has 0 saturated heterocycles. The molecule has 1 saturated carbocycles. The molecule has 0 aliphatic heterocycles. The zero-order valence-corrected chi connectivity index (χ0v) is 12.7. The Morgan fingerprint density at radius 2 is 2.19 bits per heavy atom. The maximum Gasteiger partial charge on any atom is 0.315 e. The Morgan fingerprint density at radius 3 is 2.90 bits per heavy atom. The van der Waals surface area contributed by atoms with E-state index < -0.39 is 0 Å². The summed E-state index contributed by atoms with van der Waals surface area (Å²) < 4.78 is 10.2. The Labute approximate surface area is 124 Å². The molecule has 21 heavy (non-hydrogen) atoms. The van der Waals surface area contributed by atoms with Crippen LogP contribution in [0.4, 0.5) is 4.79 Å². The molecule has 118 valence electrons. The van der Waals surface area contributed by atoms with Gasteiger partial charge in [-0.25, -0.2) is 4.79 Å². The van der Waals surface area contributed by atoms with E-state index in [1.54, 1.807) is 7.11 Å². The molecular formula is C14H24N4O3. The second kappa shape index (κ2) is 7.97. The van der Waals surface area contributed by atoms with Crippen LogP contribution in [0.2, 0.25) is 0 Å². The van der Waals surface area contributed by atoms with Crippen LogP contribution in [0.25, 0.3) is 0 Å². The number of methoxy groups -OCH3 is 1. The van der Waals surface area contributed by atoms with E-state index in [4.69, 9.17) is 9.26 Å². The SMILES string of the molecule is COC(C)c1noc(CCNC(=O)NC2CCCCC2)n1. The smallest absolute Gasteiger partial charge is 0.315 e. The van der Waals surface area contributed by atoms with Crippen LogP contribution in [-0.2, 0) is 11.2 Å². The minimum Gasteiger partial charge on any atom is -0.374 e. The number of carbonyl (C=O) groups excluding carboxylic acids is 1. The topological polar surface area (TPSA) is 89.3 Å². The Kier molecular flexibility index (Phi) is 5.98. The van der Waals surface area contributed by atoms with Crippen molar-refractivity contribution in [2.24, 2.45) is 0 Å². The van der Waals surface area contributed by atoms with Crippen molar-refractivity contribution in [3.8, 4) is 0 Å². The van der Waals surface area contributed by atoms with Gasteiger partial charge >= 0.3 is 6.03 Å². The van der Waals surface area contributed by atoms with Gasteiger partial charge in [0.2, 0.25) is 5.89 Å². The Hall–Kier alpha value is -1.63. The minimum absolute atomic E-state index is 0.119. The number of ether oxygens (including phenoxy) is 1. The number of aromatic nitrogens is 2. The van der Waals surface area contributed by atoms with Crippen molar-refractivity contribution in [1.29, 1.82) is 0 Å². The second-order valence-electron chi connectivity index (χ2n) is 5.41. The number of amides is 2. The summed E-state index contributed by atoms with van der Waals surface area (Å²) in [6.07, 6.45) is 6.16.